The summed E-state index contributed by atoms with van der Waals surface area (Å²) < 4.78 is 20.3. The number of esters is 1. The minimum absolute atomic E-state index is 0.0896. The number of nitrogens with one attached hydrogen (secondary N) is 2. The number of rotatable bonds is 10. The molecule has 3 aliphatic rings. The lowest BCUT2D eigenvalue weighted by Crippen LogP contribution is -2.62. The number of hydrogen-bond acceptors (Lipinski definition) is 11. The monoisotopic (exact) mass is 917 g/mol. The van der Waals surface area contributed by atoms with Crippen LogP contribution in [-0.2, 0) is 52.8 Å². The molecule has 0 aliphatic carbocycles. The number of pyridine rings is 1. The Morgan fingerprint density at radius 1 is 1.08 bits per heavy atom. The summed E-state index contributed by atoms with van der Waals surface area (Å²) in [5, 5.41) is 8.19. The Kier molecular flexibility index (Phi) is 14.1. The van der Waals surface area contributed by atoms with E-state index in [-0.39, 0.29) is 36.9 Å². The van der Waals surface area contributed by atoms with E-state index in [1.165, 1.54) is 21.2 Å². The summed E-state index contributed by atoms with van der Waals surface area (Å²) in [6.45, 7) is 13.7. The molecule has 3 aliphatic heterocycles. The summed E-state index contributed by atoms with van der Waals surface area (Å²) in [5.41, 5.74) is 10.4. The van der Waals surface area contributed by atoms with Gasteiger partial charge in [0, 0.05) is 85.2 Å². The highest BCUT2D eigenvalue weighted by molar-refractivity contribution is 7.10. The number of methoxy groups -OCH3 is 1. The van der Waals surface area contributed by atoms with Crippen LogP contribution >= 0.6 is 11.3 Å². The van der Waals surface area contributed by atoms with Crippen molar-refractivity contribution in [2.24, 2.45) is 11.3 Å². The van der Waals surface area contributed by atoms with Crippen molar-refractivity contribution < 1.29 is 33.4 Å². The van der Waals surface area contributed by atoms with E-state index in [2.05, 4.69) is 60.3 Å². The van der Waals surface area contributed by atoms with E-state index in [0.29, 0.717) is 50.4 Å². The topological polar surface area (TPSA) is 157 Å². The number of likely N-dealkylation sites (N-methyl/N-ethyl adjacent to an activating group) is 1. The quantitative estimate of drug-likeness (QED) is 0.137. The van der Waals surface area contributed by atoms with Crippen LogP contribution < -0.4 is 10.7 Å². The average molecular weight is 918 g/mol. The Labute approximate surface area is 391 Å². The molecule has 2 N–H and O–H groups in total. The second-order valence-corrected chi connectivity index (χ2v) is 19.9. The first-order chi connectivity index (χ1) is 31.7. The molecule has 0 unspecified atom stereocenters. The van der Waals surface area contributed by atoms with Gasteiger partial charge in [-0.2, -0.15) is 0 Å². The molecule has 6 heterocycles. The summed E-state index contributed by atoms with van der Waals surface area (Å²) in [6, 6.07) is 17.5. The number of carbonyl (C=O) groups excluding carboxylic acids is 4. The van der Waals surface area contributed by atoms with Crippen LogP contribution in [0.5, 0.6) is 0 Å². The van der Waals surface area contributed by atoms with Crippen LogP contribution in [0.15, 0.2) is 72.2 Å². The predicted molar refractivity (Wildman–Crippen MR) is 254 cm³/mol. The minimum atomic E-state index is -1.07. The third kappa shape index (κ3) is 9.53. The highest BCUT2D eigenvalue weighted by atomic mass is 32.1. The zero-order valence-electron chi connectivity index (χ0n) is 39.3. The number of aromatic nitrogens is 3. The third-order valence-corrected chi connectivity index (χ3v) is 14.3. The van der Waals surface area contributed by atoms with Crippen molar-refractivity contribution in [1.29, 1.82) is 0 Å². The molecule has 0 saturated carbocycles. The van der Waals surface area contributed by atoms with E-state index >= 15 is 0 Å². The van der Waals surface area contributed by atoms with Crippen molar-refractivity contribution >= 4 is 45.9 Å². The molecule has 2 aromatic carbocycles. The van der Waals surface area contributed by atoms with E-state index in [0.717, 1.165) is 50.2 Å². The van der Waals surface area contributed by atoms with E-state index in [9.17, 15) is 19.2 Å². The molecule has 3 aromatic heterocycles. The van der Waals surface area contributed by atoms with Gasteiger partial charge in [-0.15, -0.1) is 11.3 Å². The smallest absolute Gasteiger partial charge is 0.324 e. The Bertz CT molecular complexity index is 2570. The van der Waals surface area contributed by atoms with Crippen LogP contribution in [0.2, 0.25) is 0 Å². The molecule has 0 radical (unpaired) electrons. The lowest BCUT2D eigenvalue weighted by Gasteiger charge is -2.37. The SMILES string of the molecule is CCn1c(-c2cccnc2[C@H](C)OC)c2c3cc(ccc31)-c1csc(n1)C[C@H](NC(=O)[C@H](C(C)C)N(C)C(=O)[C@@H]1OCC[C@@H]1c1ccccc1)C(=O)N1CCC[C@H](N1)C(=O)OCC(C)(C)C2. The normalized spacial score (nSPS) is 22.2. The molecule has 6 atom stereocenters. The predicted octanol–water partition coefficient (Wildman–Crippen LogP) is 7.26. The molecule has 5 aromatic rings. The maximum Gasteiger partial charge on any atom is 0.324 e. The fourth-order valence-corrected chi connectivity index (χ4v) is 10.8. The molecule has 3 amide bonds. The summed E-state index contributed by atoms with van der Waals surface area (Å²) in [4.78, 5) is 68.8. The minimum Gasteiger partial charge on any atom is -0.464 e. The first kappa shape index (κ1) is 47.0. The van der Waals surface area contributed by atoms with E-state index < -0.39 is 47.4 Å². The van der Waals surface area contributed by atoms with Crippen molar-refractivity contribution in [3.8, 4) is 22.5 Å². The molecular weight excluding hydrogens is 855 g/mol. The Hall–Kier alpha value is -5.48. The van der Waals surface area contributed by atoms with Gasteiger partial charge in [0.2, 0.25) is 5.91 Å². The van der Waals surface area contributed by atoms with Crippen LogP contribution in [0.25, 0.3) is 33.4 Å². The number of ether oxygens (including phenoxy) is 3. The van der Waals surface area contributed by atoms with Crippen molar-refractivity contribution in [3.63, 3.8) is 0 Å². The first-order valence-electron chi connectivity index (χ1n) is 23.2. The molecular formula is C51H63N7O7S. The van der Waals surface area contributed by atoms with Gasteiger partial charge in [-0.1, -0.05) is 64.1 Å². The second-order valence-electron chi connectivity index (χ2n) is 19.0. The zero-order chi connectivity index (χ0) is 46.9. The molecule has 66 heavy (non-hydrogen) atoms. The van der Waals surface area contributed by atoms with Crippen LogP contribution in [-0.4, -0.2) is 106 Å². The van der Waals surface area contributed by atoms with Gasteiger partial charge in [0.1, 0.15) is 24.2 Å². The fourth-order valence-electron chi connectivity index (χ4n) is 9.96. The van der Waals surface area contributed by atoms with Gasteiger partial charge in [0.25, 0.3) is 11.8 Å². The number of benzene rings is 2. The van der Waals surface area contributed by atoms with Gasteiger partial charge in [-0.25, -0.2) is 10.4 Å². The lowest BCUT2D eigenvalue weighted by atomic mass is 9.84. The molecule has 6 bridgehead atoms. The first-order valence-corrected chi connectivity index (χ1v) is 24.1. The van der Waals surface area contributed by atoms with Crippen LogP contribution in [0.1, 0.15) is 94.7 Å². The fraction of sp³-hybridized carbons (Fsp3) is 0.490. The number of thiazole rings is 1. The van der Waals surface area contributed by atoms with Crippen LogP contribution in [0.3, 0.4) is 0 Å². The largest absolute Gasteiger partial charge is 0.464 e. The number of cyclic esters (lactones) is 1. The average Bonchev–Trinajstić information content (AvgIpc) is 4.08. The molecule has 14 nitrogen and oxygen atoms in total. The highest BCUT2D eigenvalue weighted by Gasteiger charge is 2.42. The van der Waals surface area contributed by atoms with Gasteiger partial charge in [-0.05, 0) is 80.8 Å². The number of fused-ring (bicyclic) bond motifs is 6. The van der Waals surface area contributed by atoms with Crippen LogP contribution in [0, 0.1) is 11.3 Å². The van der Waals surface area contributed by atoms with E-state index in [4.69, 9.17) is 24.2 Å². The van der Waals surface area contributed by atoms with Gasteiger partial charge in [-0.3, -0.25) is 29.2 Å². The van der Waals surface area contributed by atoms with Crippen molar-refractivity contribution in [3.05, 3.63) is 94.1 Å². The molecule has 8 rings (SSSR count). The third-order valence-electron chi connectivity index (χ3n) is 13.4. The van der Waals surface area contributed by atoms with Gasteiger partial charge in [0.05, 0.1) is 34.8 Å². The van der Waals surface area contributed by atoms with Gasteiger partial charge < -0.3 is 29.0 Å². The summed E-state index contributed by atoms with van der Waals surface area (Å²) in [5.74, 6) is -2.05. The Morgan fingerprint density at radius 2 is 1.86 bits per heavy atom. The zero-order valence-corrected chi connectivity index (χ0v) is 40.2. The number of amides is 3. The highest BCUT2D eigenvalue weighted by Crippen LogP contribution is 2.42. The molecule has 350 valence electrons. The molecule has 0 spiro atoms. The standard InChI is InChI=1S/C51H63N7O7S/c1-9-57-41-20-19-33-25-36(41)37(45(57)35-17-13-22-52-43(35)31(4)63-8)27-51(5,6)29-65-50(62)38-18-14-23-58(55-38)48(60)39(26-42-53-40(33)28-66-42)54-47(59)44(30(2)3)56(7)49(61)46-34(21-24-64-46)32-15-11-10-12-16-32/h10-13,15-17,19-20,22,25,28,30-31,34,38-39,44,46,55H,9,14,18,21,23-24,26-27,29H2,1-8H3,(H,54,59)/t31-,34+,38-,39-,44-,46+/m0/s1. The van der Waals surface area contributed by atoms with E-state index in [1.54, 1.807) is 20.4 Å². The maximum atomic E-state index is 14.7. The second kappa shape index (κ2) is 19.8. The van der Waals surface area contributed by atoms with Crippen molar-refractivity contribution in [2.45, 2.75) is 116 Å². The van der Waals surface area contributed by atoms with Crippen molar-refractivity contribution in [2.75, 3.05) is 33.9 Å². The number of carbonyl (C=O) groups is 4. The summed E-state index contributed by atoms with van der Waals surface area (Å²) in [6.07, 6.45) is 3.19. The van der Waals surface area contributed by atoms with E-state index in [1.807, 2.05) is 62.5 Å². The van der Waals surface area contributed by atoms with Crippen molar-refractivity contribution in [1.82, 2.24) is 35.2 Å². The summed E-state index contributed by atoms with van der Waals surface area (Å²) >= 11 is 1.42. The maximum absolute atomic E-state index is 14.7. The summed E-state index contributed by atoms with van der Waals surface area (Å²) in [7, 11) is 3.32. The molecule has 2 saturated heterocycles. The number of hydrazine groups is 1. The number of aryl methyl sites for hydroxylation is 1. The Balaban J connectivity index is 1.16. The molecule has 2 fully saturated rings. The Morgan fingerprint density at radius 3 is 2.61 bits per heavy atom. The number of nitrogens with zero attached hydrogens (tertiary/aromatic N) is 5. The molecule has 15 heteroatoms. The van der Waals surface area contributed by atoms with Gasteiger partial charge >= 0.3 is 5.97 Å². The lowest BCUT2D eigenvalue weighted by molar-refractivity contribution is -0.155. The van der Waals surface area contributed by atoms with Gasteiger partial charge in [0.15, 0.2) is 0 Å². The van der Waals surface area contributed by atoms with Crippen LogP contribution in [0.4, 0.5) is 0 Å². The number of hydrogen-bond donors (Lipinski definition) is 2.